The molecule has 0 aliphatic rings. The quantitative estimate of drug-likeness (QED) is 0.569. The van der Waals surface area contributed by atoms with Gasteiger partial charge in [-0.05, 0) is 48.9 Å². The third-order valence-corrected chi connectivity index (χ3v) is 7.00. The van der Waals surface area contributed by atoms with Gasteiger partial charge in [-0.25, -0.2) is 8.42 Å². The van der Waals surface area contributed by atoms with Gasteiger partial charge in [-0.2, -0.15) is 0 Å². The van der Waals surface area contributed by atoms with Gasteiger partial charge in [-0.3, -0.25) is 9.10 Å². The van der Waals surface area contributed by atoms with Gasteiger partial charge in [0.25, 0.3) is 15.9 Å². The van der Waals surface area contributed by atoms with E-state index in [9.17, 15) is 13.2 Å². The molecule has 0 fully saturated rings. The van der Waals surface area contributed by atoms with Crippen LogP contribution in [-0.2, 0) is 10.0 Å². The maximum absolute atomic E-state index is 13.1. The molecule has 0 unspecified atom stereocenters. The molecule has 0 spiro atoms. The second-order valence-corrected chi connectivity index (χ2v) is 9.10. The lowest BCUT2D eigenvalue weighted by atomic mass is 10.2. The topological polar surface area (TPSA) is 66.5 Å². The molecule has 1 N–H and O–H groups in total. The Kier molecular flexibility index (Phi) is 6.17. The summed E-state index contributed by atoms with van der Waals surface area (Å²) in [5.74, 6) is -0.496. The molecule has 0 aliphatic heterocycles. The number of carbonyl (C=O) groups excluding carboxylic acids is 1. The Labute approximate surface area is 179 Å². The number of nitrogens with one attached hydrogen (secondary N) is 1. The van der Waals surface area contributed by atoms with Crippen molar-refractivity contribution in [1.82, 2.24) is 0 Å². The van der Waals surface area contributed by atoms with Crippen molar-refractivity contribution < 1.29 is 13.2 Å². The summed E-state index contributed by atoms with van der Waals surface area (Å²) in [5.41, 5.74) is 1.91. The fourth-order valence-electron chi connectivity index (χ4n) is 2.80. The fourth-order valence-corrected chi connectivity index (χ4v) is 4.45. The zero-order chi connectivity index (χ0) is 21.2. The van der Waals surface area contributed by atoms with Gasteiger partial charge >= 0.3 is 0 Å². The van der Waals surface area contributed by atoms with Gasteiger partial charge in [0.05, 0.1) is 26.3 Å². The first-order valence-electron chi connectivity index (χ1n) is 8.62. The summed E-state index contributed by atoms with van der Waals surface area (Å²) in [6, 6.07) is 17.9. The Morgan fingerprint density at radius 2 is 1.66 bits per heavy atom. The molecule has 8 heteroatoms. The molecule has 3 rings (SSSR count). The molecule has 0 heterocycles. The van der Waals surface area contributed by atoms with Crippen molar-refractivity contribution in [3.8, 4) is 0 Å². The lowest BCUT2D eigenvalue weighted by Gasteiger charge is -2.21. The van der Waals surface area contributed by atoms with Crippen LogP contribution in [0, 0.1) is 6.92 Å². The highest BCUT2D eigenvalue weighted by Crippen LogP contribution is 2.30. The molecular formula is C21H18Cl2N2O3S. The number of carbonyl (C=O) groups is 1. The van der Waals surface area contributed by atoms with E-state index >= 15 is 0 Å². The number of benzene rings is 3. The van der Waals surface area contributed by atoms with E-state index in [1.807, 2.05) is 19.1 Å². The third-order valence-electron chi connectivity index (χ3n) is 4.41. The van der Waals surface area contributed by atoms with E-state index in [1.54, 1.807) is 30.3 Å². The number of sulfonamides is 1. The third kappa shape index (κ3) is 4.40. The van der Waals surface area contributed by atoms with Crippen LogP contribution in [0.3, 0.4) is 0 Å². The first kappa shape index (κ1) is 21.2. The molecule has 29 heavy (non-hydrogen) atoms. The first-order valence-corrected chi connectivity index (χ1v) is 10.8. The molecule has 0 saturated heterocycles. The largest absolute Gasteiger partial charge is 0.321 e. The molecule has 0 saturated carbocycles. The van der Waals surface area contributed by atoms with Crippen molar-refractivity contribution in [3.63, 3.8) is 0 Å². The normalized spacial score (nSPS) is 11.2. The Morgan fingerprint density at radius 1 is 0.966 bits per heavy atom. The number of anilines is 2. The number of nitrogens with zero attached hydrogens (tertiary/aromatic N) is 1. The highest BCUT2D eigenvalue weighted by atomic mass is 35.5. The maximum Gasteiger partial charge on any atom is 0.264 e. The molecule has 5 nitrogen and oxygen atoms in total. The van der Waals surface area contributed by atoms with E-state index in [0.717, 1.165) is 5.56 Å². The average molecular weight is 449 g/mol. The Bertz CT molecular complexity index is 1180. The lowest BCUT2D eigenvalue weighted by Crippen LogP contribution is -2.27. The Morgan fingerprint density at radius 3 is 2.38 bits per heavy atom. The number of hydrogen-bond acceptors (Lipinski definition) is 3. The number of amides is 1. The lowest BCUT2D eigenvalue weighted by molar-refractivity contribution is 0.102. The summed E-state index contributed by atoms with van der Waals surface area (Å²) in [5, 5.41) is 3.17. The van der Waals surface area contributed by atoms with Crippen LogP contribution in [0.4, 0.5) is 11.4 Å². The molecule has 0 radical (unpaired) electrons. The van der Waals surface area contributed by atoms with Crippen molar-refractivity contribution in [1.29, 1.82) is 0 Å². The van der Waals surface area contributed by atoms with E-state index in [1.165, 1.54) is 35.6 Å². The molecule has 3 aromatic carbocycles. The summed E-state index contributed by atoms with van der Waals surface area (Å²) < 4.78 is 27.3. The second kappa shape index (κ2) is 8.45. The van der Waals surface area contributed by atoms with Crippen molar-refractivity contribution in [2.24, 2.45) is 0 Å². The van der Waals surface area contributed by atoms with Gasteiger partial charge in [-0.15, -0.1) is 0 Å². The summed E-state index contributed by atoms with van der Waals surface area (Å²) >= 11 is 12.1. The summed E-state index contributed by atoms with van der Waals surface area (Å²) in [6.45, 7) is 1.83. The Hall–Kier alpha value is -2.54. The van der Waals surface area contributed by atoms with Crippen LogP contribution in [0.2, 0.25) is 10.0 Å². The monoisotopic (exact) mass is 448 g/mol. The predicted molar refractivity (Wildman–Crippen MR) is 118 cm³/mol. The van der Waals surface area contributed by atoms with E-state index in [2.05, 4.69) is 5.32 Å². The maximum atomic E-state index is 13.1. The smallest absolute Gasteiger partial charge is 0.264 e. The SMILES string of the molecule is Cc1ccccc1N(C)S(=O)(=O)c1cccc(C(=O)Nc2cccc(Cl)c2Cl)c1. The molecule has 3 aromatic rings. The minimum atomic E-state index is -3.85. The number of aryl methyl sites for hydroxylation is 1. The Balaban J connectivity index is 1.91. The van der Waals surface area contributed by atoms with Gasteiger partial charge < -0.3 is 5.32 Å². The van der Waals surface area contributed by atoms with Crippen LogP contribution in [-0.4, -0.2) is 21.4 Å². The minimum absolute atomic E-state index is 0.00749. The molecule has 0 aliphatic carbocycles. The fraction of sp³-hybridized carbons (Fsp3) is 0.0952. The van der Waals surface area contributed by atoms with Crippen molar-refractivity contribution in [2.75, 3.05) is 16.7 Å². The van der Waals surface area contributed by atoms with Crippen LogP contribution in [0.25, 0.3) is 0 Å². The van der Waals surface area contributed by atoms with Gasteiger partial charge in [0.1, 0.15) is 0 Å². The van der Waals surface area contributed by atoms with Gasteiger partial charge in [0.2, 0.25) is 0 Å². The minimum Gasteiger partial charge on any atom is -0.321 e. The molecule has 1 amide bonds. The zero-order valence-electron chi connectivity index (χ0n) is 15.7. The molecular weight excluding hydrogens is 431 g/mol. The average Bonchev–Trinajstić information content (AvgIpc) is 2.71. The van der Waals surface area contributed by atoms with E-state index in [0.29, 0.717) is 16.4 Å². The van der Waals surface area contributed by atoms with E-state index in [-0.39, 0.29) is 15.5 Å². The van der Waals surface area contributed by atoms with Crippen LogP contribution in [0.1, 0.15) is 15.9 Å². The molecule has 0 bridgehead atoms. The van der Waals surface area contributed by atoms with E-state index in [4.69, 9.17) is 23.2 Å². The summed E-state index contributed by atoms with van der Waals surface area (Å²) in [4.78, 5) is 12.6. The number of rotatable bonds is 5. The zero-order valence-corrected chi connectivity index (χ0v) is 18.0. The molecule has 0 atom stereocenters. The van der Waals surface area contributed by atoms with Crippen molar-refractivity contribution >= 4 is 50.5 Å². The van der Waals surface area contributed by atoms with Crippen molar-refractivity contribution in [2.45, 2.75) is 11.8 Å². The van der Waals surface area contributed by atoms with Crippen molar-refractivity contribution in [3.05, 3.63) is 87.9 Å². The predicted octanol–water partition coefficient (Wildman–Crippen LogP) is 5.38. The number of para-hydroxylation sites is 1. The summed E-state index contributed by atoms with van der Waals surface area (Å²) in [6.07, 6.45) is 0. The number of halogens is 2. The van der Waals surface area contributed by atoms with Crippen LogP contribution in [0.15, 0.2) is 71.6 Å². The number of hydrogen-bond donors (Lipinski definition) is 1. The van der Waals surface area contributed by atoms with Crippen LogP contribution in [0.5, 0.6) is 0 Å². The van der Waals surface area contributed by atoms with E-state index < -0.39 is 15.9 Å². The van der Waals surface area contributed by atoms with Gasteiger partial charge in [0, 0.05) is 12.6 Å². The second-order valence-electron chi connectivity index (χ2n) is 6.34. The molecule has 150 valence electrons. The van der Waals surface area contributed by atoms with Gasteiger partial charge in [-0.1, -0.05) is 53.5 Å². The molecule has 0 aromatic heterocycles. The standard InChI is InChI=1S/C21H18Cl2N2O3S/c1-14-7-3-4-12-19(14)25(2)29(27,28)16-9-5-8-15(13-16)21(26)24-18-11-6-10-17(22)20(18)23/h3-13H,1-2H3,(H,24,26). The van der Waals surface area contributed by atoms with Crippen LogP contribution < -0.4 is 9.62 Å². The van der Waals surface area contributed by atoms with Crippen LogP contribution >= 0.6 is 23.2 Å². The first-order chi connectivity index (χ1) is 13.7. The van der Waals surface area contributed by atoms with Gasteiger partial charge in [0.15, 0.2) is 0 Å². The highest BCUT2D eigenvalue weighted by molar-refractivity contribution is 7.92. The summed E-state index contributed by atoms with van der Waals surface area (Å²) in [7, 11) is -2.37. The highest BCUT2D eigenvalue weighted by Gasteiger charge is 2.23.